The van der Waals surface area contributed by atoms with Crippen LogP contribution in [0.3, 0.4) is 0 Å². The zero-order valence-corrected chi connectivity index (χ0v) is 12.8. The predicted octanol–water partition coefficient (Wildman–Crippen LogP) is 1.18. The van der Waals surface area contributed by atoms with Crippen molar-refractivity contribution in [3.63, 3.8) is 0 Å². The van der Waals surface area contributed by atoms with Gasteiger partial charge in [0.1, 0.15) is 0 Å². The molecule has 116 valence electrons. The van der Waals surface area contributed by atoms with Crippen molar-refractivity contribution >= 4 is 0 Å². The molecule has 4 nitrogen and oxygen atoms in total. The number of nitrogens with one attached hydrogen (secondary N) is 1. The van der Waals surface area contributed by atoms with Crippen LogP contribution in [0.5, 0.6) is 0 Å². The van der Waals surface area contributed by atoms with E-state index in [4.69, 9.17) is 4.74 Å². The van der Waals surface area contributed by atoms with Crippen molar-refractivity contribution in [2.24, 2.45) is 0 Å². The minimum Gasteiger partial charge on any atom is -0.376 e. The van der Waals surface area contributed by atoms with E-state index in [1.54, 1.807) is 0 Å². The minimum absolute atomic E-state index is 0.418. The van der Waals surface area contributed by atoms with Gasteiger partial charge in [0.2, 0.25) is 0 Å². The van der Waals surface area contributed by atoms with Crippen molar-refractivity contribution < 1.29 is 4.74 Å². The molecule has 21 heavy (non-hydrogen) atoms. The van der Waals surface area contributed by atoms with Crippen LogP contribution in [0.25, 0.3) is 0 Å². The average Bonchev–Trinajstić information content (AvgIpc) is 2.56. The zero-order chi connectivity index (χ0) is 14.3. The monoisotopic (exact) mass is 289 g/mol. The summed E-state index contributed by atoms with van der Waals surface area (Å²) in [5.41, 5.74) is 1.42. The van der Waals surface area contributed by atoms with Crippen LogP contribution in [0.2, 0.25) is 0 Å². The molecule has 0 aliphatic carbocycles. The van der Waals surface area contributed by atoms with Crippen molar-refractivity contribution in [1.29, 1.82) is 0 Å². The first-order valence-corrected chi connectivity index (χ1v) is 8.21. The van der Waals surface area contributed by atoms with Gasteiger partial charge in [-0.15, -0.1) is 0 Å². The van der Waals surface area contributed by atoms with Gasteiger partial charge in [-0.25, -0.2) is 0 Å². The van der Waals surface area contributed by atoms with E-state index in [0.29, 0.717) is 6.10 Å². The summed E-state index contributed by atoms with van der Waals surface area (Å²) in [5, 5.41) is 3.41. The van der Waals surface area contributed by atoms with E-state index >= 15 is 0 Å². The normalized spacial score (nSPS) is 25.0. The molecule has 0 aromatic heterocycles. The van der Waals surface area contributed by atoms with Gasteiger partial charge in [0.25, 0.3) is 0 Å². The Morgan fingerprint density at radius 2 is 1.81 bits per heavy atom. The Morgan fingerprint density at radius 1 is 1.05 bits per heavy atom. The predicted molar refractivity (Wildman–Crippen MR) is 85.4 cm³/mol. The molecule has 0 saturated carbocycles. The molecule has 0 bridgehead atoms. The summed E-state index contributed by atoms with van der Waals surface area (Å²) in [6.07, 6.45) is 1.58. The second-order valence-corrected chi connectivity index (χ2v) is 6.09. The highest BCUT2D eigenvalue weighted by atomic mass is 16.5. The van der Waals surface area contributed by atoms with E-state index < -0.39 is 0 Å². The van der Waals surface area contributed by atoms with Gasteiger partial charge in [-0.2, -0.15) is 0 Å². The molecule has 4 heteroatoms. The molecule has 2 aliphatic rings. The van der Waals surface area contributed by atoms with Gasteiger partial charge in [-0.1, -0.05) is 30.3 Å². The summed E-state index contributed by atoms with van der Waals surface area (Å²) in [7, 11) is 0. The maximum Gasteiger partial charge on any atom is 0.0712 e. The number of hydrogen-bond donors (Lipinski definition) is 1. The highest BCUT2D eigenvalue weighted by Gasteiger charge is 2.19. The fourth-order valence-corrected chi connectivity index (χ4v) is 3.14. The first-order valence-electron chi connectivity index (χ1n) is 8.21. The van der Waals surface area contributed by atoms with Crippen molar-refractivity contribution in [3.8, 4) is 0 Å². The van der Waals surface area contributed by atoms with E-state index in [9.17, 15) is 0 Å². The van der Waals surface area contributed by atoms with Crippen LogP contribution in [0, 0.1) is 0 Å². The summed E-state index contributed by atoms with van der Waals surface area (Å²) in [6, 6.07) is 10.8. The Kier molecular flexibility index (Phi) is 5.63. The number of ether oxygens (including phenoxy) is 1. The summed E-state index contributed by atoms with van der Waals surface area (Å²) >= 11 is 0. The van der Waals surface area contributed by atoms with Crippen LogP contribution < -0.4 is 5.32 Å². The number of rotatable bonds is 5. The molecular weight excluding hydrogens is 262 g/mol. The van der Waals surface area contributed by atoms with Crippen LogP contribution in [-0.2, 0) is 11.3 Å². The van der Waals surface area contributed by atoms with E-state index in [0.717, 1.165) is 32.7 Å². The van der Waals surface area contributed by atoms with Crippen LogP contribution in [0.15, 0.2) is 30.3 Å². The molecule has 2 fully saturated rings. The Bertz CT molecular complexity index is 398. The molecule has 1 aromatic carbocycles. The lowest BCUT2D eigenvalue weighted by atomic mass is 10.2. The lowest BCUT2D eigenvalue weighted by molar-refractivity contribution is 0.0135. The van der Waals surface area contributed by atoms with Crippen molar-refractivity contribution in [1.82, 2.24) is 15.1 Å². The average molecular weight is 289 g/mol. The lowest BCUT2D eigenvalue weighted by Crippen LogP contribution is -2.47. The highest BCUT2D eigenvalue weighted by molar-refractivity contribution is 5.14. The van der Waals surface area contributed by atoms with Gasteiger partial charge in [0.05, 0.1) is 12.7 Å². The number of piperazine rings is 1. The van der Waals surface area contributed by atoms with Crippen LogP contribution in [0.1, 0.15) is 12.0 Å². The summed E-state index contributed by atoms with van der Waals surface area (Å²) in [6.45, 7) is 9.89. The molecule has 1 aromatic rings. The summed E-state index contributed by atoms with van der Waals surface area (Å²) in [4.78, 5) is 5.14. The molecule has 1 unspecified atom stereocenters. The minimum atomic E-state index is 0.418. The van der Waals surface area contributed by atoms with Gasteiger partial charge in [-0.3, -0.25) is 4.90 Å². The van der Waals surface area contributed by atoms with Crippen LogP contribution in [0.4, 0.5) is 0 Å². The molecule has 2 heterocycles. The molecule has 0 radical (unpaired) electrons. The Morgan fingerprint density at radius 3 is 2.52 bits per heavy atom. The largest absolute Gasteiger partial charge is 0.376 e. The smallest absolute Gasteiger partial charge is 0.0712 e. The van der Waals surface area contributed by atoms with E-state index in [2.05, 4.69) is 45.4 Å². The van der Waals surface area contributed by atoms with Crippen LogP contribution in [-0.4, -0.2) is 68.3 Å². The molecular formula is C17H27N3O. The third kappa shape index (κ3) is 4.78. The SMILES string of the molecule is c1ccc(CN2CCN(CCC3CNCCO3)CC2)cc1. The summed E-state index contributed by atoms with van der Waals surface area (Å²) < 4.78 is 5.77. The second kappa shape index (κ2) is 7.90. The first kappa shape index (κ1) is 15.0. The number of nitrogens with zero attached hydrogens (tertiary/aromatic N) is 2. The summed E-state index contributed by atoms with van der Waals surface area (Å²) in [5.74, 6) is 0. The maximum atomic E-state index is 5.77. The van der Waals surface area contributed by atoms with Crippen molar-refractivity contribution in [2.75, 3.05) is 52.4 Å². The van der Waals surface area contributed by atoms with E-state index in [-0.39, 0.29) is 0 Å². The maximum absolute atomic E-state index is 5.77. The highest BCUT2D eigenvalue weighted by Crippen LogP contribution is 2.10. The van der Waals surface area contributed by atoms with Gasteiger partial charge < -0.3 is 15.0 Å². The lowest BCUT2D eigenvalue weighted by Gasteiger charge is -2.35. The number of benzene rings is 1. The molecule has 2 aliphatic heterocycles. The number of hydrogen-bond acceptors (Lipinski definition) is 4. The molecule has 3 rings (SSSR count). The quantitative estimate of drug-likeness (QED) is 0.881. The third-order valence-corrected chi connectivity index (χ3v) is 4.49. The van der Waals surface area contributed by atoms with Gasteiger partial charge in [0, 0.05) is 52.4 Å². The van der Waals surface area contributed by atoms with Gasteiger partial charge in [-0.05, 0) is 12.0 Å². The van der Waals surface area contributed by atoms with Crippen molar-refractivity contribution in [2.45, 2.75) is 19.1 Å². The van der Waals surface area contributed by atoms with Gasteiger partial charge >= 0.3 is 0 Å². The molecule has 1 atom stereocenters. The number of morpholine rings is 1. The standard InChI is InChI=1S/C17H27N3O/c1-2-4-16(5-3-1)15-20-11-9-19(10-12-20)8-6-17-14-18-7-13-21-17/h1-5,17-18H,6-15H2. The van der Waals surface area contributed by atoms with E-state index in [1.807, 2.05) is 0 Å². The third-order valence-electron chi connectivity index (χ3n) is 4.49. The fourth-order valence-electron chi connectivity index (χ4n) is 3.14. The van der Waals surface area contributed by atoms with Crippen LogP contribution >= 0.6 is 0 Å². The Hall–Kier alpha value is -0.940. The topological polar surface area (TPSA) is 27.7 Å². The Balaban J connectivity index is 1.35. The molecule has 0 amide bonds. The van der Waals surface area contributed by atoms with Gasteiger partial charge in [0.15, 0.2) is 0 Å². The molecule has 2 saturated heterocycles. The van der Waals surface area contributed by atoms with Crippen molar-refractivity contribution in [3.05, 3.63) is 35.9 Å². The zero-order valence-electron chi connectivity index (χ0n) is 12.8. The Labute approximate surface area is 128 Å². The molecule has 1 N–H and O–H groups in total. The fraction of sp³-hybridized carbons (Fsp3) is 0.647. The second-order valence-electron chi connectivity index (χ2n) is 6.09. The first-order chi connectivity index (χ1) is 10.4. The van der Waals surface area contributed by atoms with E-state index in [1.165, 1.54) is 38.3 Å². The molecule has 0 spiro atoms.